The van der Waals surface area contributed by atoms with Crippen molar-refractivity contribution in [1.82, 2.24) is 10.3 Å². The van der Waals surface area contributed by atoms with Crippen LogP contribution in [0.25, 0.3) is 0 Å². The van der Waals surface area contributed by atoms with Crippen LogP contribution in [0.2, 0.25) is 0 Å². The number of rotatable bonds is 4. The fourth-order valence-corrected chi connectivity index (χ4v) is 3.13. The molecule has 106 valence electrons. The first-order valence-electron chi connectivity index (χ1n) is 6.71. The van der Waals surface area contributed by atoms with Crippen molar-refractivity contribution >= 4 is 11.9 Å². The van der Waals surface area contributed by atoms with Crippen molar-refractivity contribution in [2.75, 3.05) is 0 Å². The van der Waals surface area contributed by atoms with E-state index in [4.69, 9.17) is 4.74 Å². The highest BCUT2D eigenvalue weighted by molar-refractivity contribution is 5.86. The molecule has 6 nitrogen and oxygen atoms in total. The highest BCUT2D eigenvalue weighted by Gasteiger charge is 2.55. The summed E-state index contributed by atoms with van der Waals surface area (Å²) in [7, 11) is 0. The minimum absolute atomic E-state index is 0.242. The number of carbonyl (C=O) groups is 2. The maximum atomic E-state index is 12.2. The van der Waals surface area contributed by atoms with E-state index in [0.717, 1.165) is 18.4 Å². The van der Waals surface area contributed by atoms with E-state index in [-0.39, 0.29) is 18.1 Å². The van der Waals surface area contributed by atoms with Crippen molar-refractivity contribution in [1.29, 1.82) is 0 Å². The Morgan fingerprint density at radius 1 is 1.35 bits per heavy atom. The molecule has 0 aromatic carbocycles. The van der Waals surface area contributed by atoms with Crippen LogP contribution in [0.4, 0.5) is 0 Å². The molecule has 3 heterocycles. The molecule has 3 rings (SSSR count). The molecule has 1 amide bonds. The second-order valence-electron chi connectivity index (χ2n) is 5.26. The Kier molecular flexibility index (Phi) is 3.40. The molecule has 0 saturated carbocycles. The number of nitrogens with one attached hydrogen (secondary N) is 1. The zero-order valence-corrected chi connectivity index (χ0v) is 10.9. The van der Waals surface area contributed by atoms with Gasteiger partial charge in [-0.05, 0) is 24.5 Å². The Bertz CT molecular complexity index is 519. The zero-order chi connectivity index (χ0) is 14.1. The van der Waals surface area contributed by atoms with Gasteiger partial charge in [0.1, 0.15) is 0 Å². The number of carboxylic acid groups (broad SMARTS) is 1. The van der Waals surface area contributed by atoms with Crippen LogP contribution in [-0.4, -0.2) is 34.2 Å². The van der Waals surface area contributed by atoms with Gasteiger partial charge in [0.15, 0.2) is 0 Å². The van der Waals surface area contributed by atoms with Gasteiger partial charge in [0.05, 0.1) is 24.0 Å². The molecular formula is C14H16N2O4. The van der Waals surface area contributed by atoms with E-state index in [1.807, 2.05) is 6.07 Å². The fraction of sp³-hybridized carbons (Fsp3) is 0.500. The van der Waals surface area contributed by atoms with E-state index in [2.05, 4.69) is 10.3 Å². The Balaban J connectivity index is 1.66. The minimum Gasteiger partial charge on any atom is -0.481 e. The first-order chi connectivity index (χ1) is 9.66. The lowest BCUT2D eigenvalue weighted by Gasteiger charge is -2.23. The molecule has 2 saturated heterocycles. The third-order valence-corrected chi connectivity index (χ3v) is 4.05. The van der Waals surface area contributed by atoms with Crippen LogP contribution in [0.5, 0.6) is 0 Å². The molecule has 2 bridgehead atoms. The molecule has 0 unspecified atom stereocenters. The summed E-state index contributed by atoms with van der Waals surface area (Å²) in [6.45, 7) is 0.354. The van der Waals surface area contributed by atoms with Gasteiger partial charge in [-0.3, -0.25) is 14.6 Å². The normalized spacial score (nSPS) is 31.2. The second-order valence-corrected chi connectivity index (χ2v) is 5.26. The topological polar surface area (TPSA) is 88.5 Å². The van der Waals surface area contributed by atoms with Crippen LogP contribution in [0, 0.1) is 11.8 Å². The lowest BCUT2D eigenvalue weighted by Crippen LogP contribution is -2.43. The number of ether oxygens (including phenoxy) is 1. The monoisotopic (exact) mass is 276 g/mol. The molecule has 2 aliphatic heterocycles. The number of hydrogen-bond donors (Lipinski definition) is 2. The number of fused-ring (bicyclic) bond motifs is 2. The molecule has 1 aromatic heterocycles. The van der Waals surface area contributed by atoms with Gasteiger partial charge in [-0.15, -0.1) is 0 Å². The molecule has 0 radical (unpaired) electrons. The number of carboxylic acids is 1. The first-order valence-corrected chi connectivity index (χ1v) is 6.71. The van der Waals surface area contributed by atoms with Gasteiger partial charge in [0.25, 0.3) is 0 Å². The smallest absolute Gasteiger partial charge is 0.310 e. The summed E-state index contributed by atoms with van der Waals surface area (Å²) in [6.07, 6.45) is 4.26. The summed E-state index contributed by atoms with van der Waals surface area (Å²) in [5, 5.41) is 12.1. The Morgan fingerprint density at radius 2 is 2.10 bits per heavy atom. The second kappa shape index (κ2) is 5.20. The lowest BCUT2D eigenvalue weighted by molar-refractivity contribution is -0.147. The maximum absolute atomic E-state index is 12.2. The molecule has 2 aliphatic rings. The van der Waals surface area contributed by atoms with Crippen molar-refractivity contribution in [2.45, 2.75) is 31.6 Å². The van der Waals surface area contributed by atoms with Crippen LogP contribution < -0.4 is 5.32 Å². The number of amides is 1. The Hall–Kier alpha value is -1.95. The van der Waals surface area contributed by atoms with E-state index >= 15 is 0 Å². The van der Waals surface area contributed by atoms with E-state index < -0.39 is 17.8 Å². The number of hydrogen-bond acceptors (Lipinski definition) is 4. The van der Waals surface area contributed by atoms with E-state index in [1.54, 1.807) is 18.5 Å². The van der Waals surface area contributed by atoms with Crippen molar-refractivity contribution in [3.8, 4) is 0 Å². The zero-order valence-electron chi connectivity index (χ0n) is 10.9. The van der Waals surface area contributed by atoms with Crippen LogP contribution >= 0.6 is 0 Å². The van der Waals surface area contributed by atoms with Crippen molar-refractivity contribution < 1.29 is 19.4 Å². The van der Waals surface area contributed by atoms with Gasteiger partial charge in [-0.1, -0.05) is 6.07 Å². The van der Waals surface area contributed by atoms with Crippen LogP contribution in [0.15, 0.2) is 24.5 Å². The van der Waals surface area contributed by atoms with Gasteiger partial charge < -0.3 is 15.2 Å². The molecule has 1 aromatic rings. The third kappa shape index (κ3) is 2.27. The van der Waals surface area contributed by atoms with Crippen molar-refractivity contribution in [2.24, 2.45) is 11.8 Å². The summed E-state index contributed by atoms with van der Waals surface area (Å²) < 4.78 is 5.58. The third-order valence-electron chi connectivity index (χ3n) is 4.05. The van der Waals surface area contributed by atoms with Crippen molar-refractivity contribution in [3.05, 3.63) is 30.1 Å². The summed E-state index contributed by atoms with van der Waals surface area (Å²) in [5.41, 5.74) is 0.886. The van der Waals surface area contributed by atoms with Gasteiger partial charge in [0, 0.05) is 18.9 Å². The van der Waals surface area contributed by atoms with Gasteiger partial charge >= 0.3 is 5.97 Å². The number of aromatic nitrogens is 1. The maximum Gasteiger partial charge on any atom is 0.310 e. The van der Waals surface area contributed by atoms with E-state index in [1.165, 1.54) is 0 Å². The molecule has 4 atom stereocenters. The molecule has 0 aliphatic carbocycles. The molecule has 2 fully saturated rings. The Morgan fingerprint density at radius 3 is 2.75 bits per heavy atom. The highest BCUT2D eigenvalue weighted by atomic mass is 16.5. The standard InChI is InChI=1S/C14H16N2O4/c17-13(16-7-8-2-1-5-15-6-8)11-9-3-4-10(20-9)12(11)14(18)19/h1-2,5-6,9-12H,3-4,7H2,(H,16,17)(H,18,19)/t9-,10+,11+,12+/m1/s1. The number of carbonyl (C=O) groups excluding carboxylic acids is 1. The Labute approximate surface area is 116 Å². The molecule has 2 N–H and O–H groups in total. The van der Waals surface area contributed by atoms with Gasteiger partial charge in [-0.2, -0.15) is 0 Å². The number of pyridine rings is 1. The summed E-state index contributed by atoms with van der Waals surface area (Å²) in [6, 6.07) is 3.65. The largest absolute Gasteiger partial charge is 0.481 e. The lowest BCUT2D eigenvalue weighted by atomic mass is 9.78. The molecule has 6 heteroatoms. The summed E-state index contributed by atoms with van der Waals surface area (Å²) >= 11 is 0. The average molecular weight is 276 g/mol. The number of nitrogens with zero attached hydrogens (tertiary/aromatic N) is 1. The van der Waals surface area contributed by atoms with E-state index in [0.29, 0.717) is 6.54 Å². The van der Waals surface area contributed by atoms with Crippen LogP contribution in [0.1, 0.15) is 18.4 Å². The van der Waals surface area contributed by atoms with Crippen LogP contribution in [-0.2, 0) is 20.9 Å². The predicted octanol–water partition coefficient (Wildman–Crippen LogP) is 0.576. The predicted molar refractivity (Wildman–Crippen MR) is 68.6 cm³/mol. The quantitative estimate of drug-likeness (QED) is 0.839. The van der Waals surface area contributed by atoms with E-state index in [9.17, 15) is 14.7 Å². The van der Waals surface area contributed by atoms with Gasteiger partial charge in [-0.25, -0.2) is 0 Å². The summed E-state index contributed by atoms with van der Waals surface area (Å²) in [5.74, 6) is -2.49. The SMILES string of the molecule is O=C(O)[C@@H]1[C@@H](C(=O)NCc2cccnc2)[C@H]2CC[C@@H]1O2. The fourth-order valence-electron chi connectivity index (χ4n) is 3.13. The molecular weight excluding hydrogens is 260 g/mol. The molecule has 20 heavy (non-hydrogen) atoms. The molecule has 0 spiro atoms. The average Bonchev–Trinajstić information content (AvgIpc) is 3.06. The number of aliphatic carboxylic acids is 1. The van der Waals surface area contributed by atoms with Crippen LogP contribution in [0.3, 0.4) is 0 Å². The minimum atomic E-state index is -0.946. The first kappa shape index (κ1) is 13.1. The summed E-state index contributed by atoms with van der Waals surface area (Å²) in [4.78, 5) is 27.5. The van der Waals surface area contributed by atoms with Crippen molar-refractivity contribution in [3.63, 3.8) is 0 Å². The van der Waals surface area contributed by atoms with Gasteiger partial charge in [0.2, 0.25) is 5.91 Å². The highest BCUT2D eigenvalue weighted by Crippen LogP contribution is 2.43.